The van der Waals surface area contributed by atoms with E-state index in [-0.39, 0.29) is 12.4 Å². The summed E-state index contributed by atoms with van der Waals surface area (Å²) in [6, 6.07) is 8.26. The lowest BCUT2D eigenvalue weighted by Crippen LogP contribution is -2.08. The van der Waals surface area contributed by atoms with Gasteiger partial charge in [-0.25, -0.2) is 4.68 Å². The Balaban J connectivity index is 2.51. The predicted octanol–water partition coefficient (Wildman–Crippen LogP) is 3.02. The molecule has 0 amide bonds. The maximum atomic E-state index is 11.6. The molecule has 0 bridgehead atoms. The Kier molecular flexibility index (Phi) is 4.78. The number of esters is 1. The van der Waals surface area contributed by atoms with Crippen molar-refractivity contribution in [1.29, 1.82) is 0 Å². The minimum Gasteiger partial charge on any atom is -0.469 e. The molecule has 2 aromatic rings. The lowest BCUT2D eigenvalue weighted by Gasteiger charge is -2.08. The standard InChI is InChI=1S/C17H22N2O2/c1-5-15-14(11-17(20)21-4)16(6-2)19(18-15)13-9-7-12(3)8-10-13/h7-10H,5-6,11H2,1-4H3. The van der Waals surface area contributed by atoms with Gasteiger partial charge in [-0.1, -0.05) is 31.5 Å². The van der Waals surface area contributed by atoms with Crippen LogP contribution in [-0.4, -0.2) is 22.9 Å². The number of ether oxygens (including phenoxy) is 1. The van der Waals surface area contributed by atoms with Gasteiger partial charge in [-0.15, -0.1) is 0 Å². The van der Waals surface area contributed by atoms with Crippen LogP contribution in [-0.2, 0) is 28.8 Å². The summed E-state index contributed by atoms with van der Waals surface area (Å²) in [5.41, 5.74) is 5.31. The molecular weight excluding hydrogens is 264 g/mol. The molecule has 0 spiro atoms. The van der Waals surface area contributed by atoms with Crippen LogP contribution in [0.3, 0.4) is 0 Å². The van der Waals surface area contributed by atoms with E-state index in [2.05, 4.69) is 45.0 Å². The quantitative estimate of drug-likeness (QED) is 0.794. The molecule has 0 aliphatic rings. The number of methoxy groups -OCH3 is 1. The average Bonchev–Trinajstić information content (AvgIpc) is 2.85. The third-order valence-electron chi connectivity index (χ3n) is 3.67. The number of hydrogen-bond donors (Lipinski definition) is 0. The number of nitrogens with zero attached hydrogens (tertiary/aromatic N) is 2. The van der Waals surface area contributed by atoms with Crippen molar-refractivity contribution in [2.75, 3.05) is 7.11 Å². The molecule has 0 aliphatic heterocycles. The summed E-state index contributed by atoms with van der Waals surface area (Å²) in [7, 11) is 1.42. The molecule has 0 fully saturated rings. The summed E-state index contributed by atoms with van der Waals surface area (Å²) >= 11 is 0. The molecule has 0 unspecified atom stereocenters. The van der Waals surface area contributed by atoms with E-state index in [1.807, 2.05) is 4.68 Å². The van der Waals surface area contributed by atoms with Crippen molar-refractivity contribution in [2.24, 2.45) is 0 Å². The largest absolute Gasteiger partial charge is 0.469 e. The van der Waals surface area contributed by atoms with Gasteiger partial charge in [-0.2, -0.15) is 5.10 Å². The first-order valence-corrected chi connectivity index (χ1v) is 7.34. The van der Waals surface area contributed by atoms with Crippen LogP contribution in [0.15, 0.2) is 24.3 Å². The SMILES string of the molecule is CCc1nn(-c2ccc(C)cc2)c(CC)c1CC(=O)OC. The highest BCUT2D eigenvalue weighted by molar-refractivity contribution is 5.73. The fourth-order valence-corrected chi connectivity index (χ4v) is 2.50. The van der Waals surface area contributed by atoms with Crippen molar-refractivity contribution in [3.05, 3.63) is 46.8 Å². The van der Waals surface area contributed by atoms with Crippen LogP contribution in [0.2, 0.25) is 0 Å². The Morgan fingerprint density at radius 3 is 2.38 bits per heavy atom. The van der Waals surface area contributed by atoms with E-state index in [0.29, 0.717) is 0 Å². The first-order chi connectivity index (χ1) is 10.1. The molecule has 0 atom stereocenters. The predicted molar refractivity (Wildman–Crippen MR) is 82.8 cm³/mol. The summed E-state index contributed by atoms with van der Waals surface area (Å²) < 4.78 is 6.76. The van der Waals surface area contributed by atoms with Gasteiger partial charge in [0.1, 0.15) is 0 Å². The third kappa shape index (κ3) is 3.15. The summed E-state index contributed by atoms with van der Waals surface area (Å²) in [5.74, 6) is -0.220. The van der Waals surface area contributed by atoms with Crippen molar-refractivity contribution in [2.45, 2.75) is 40.0 Å². The van der Waals surface area contributed by atoms with Crippen LogP contribution in [0.1, 0.15) is 36.4 Å². The number of hydrogen-bond acceptors (Lipinski definition) is 3. The van der Waals surface area contributed by atoms with Crippen molar-refractivity contribution < 1.29 is 9.53 Å². The van der Waals surface area contributed by atoms with Gasteiger partial charge in [0, 0.05) is 11.3 Å². The van der Waals surface area contributed by atoms with Gasteiger partial charge >= 0.3 is 5.97 Å². The number of aryl methyl sites for hydroxylation is 2. The highest BCUT2D eigenvalue weighted by Gasteiger charge is 2.19. The fraction of sp³-hybridized carbons (Fsp3) is 0.412. The summed E-state index contributed by atoms with van der Waals surface area (Å²) in [6.07, 6.45) is 1.92. The van der Waals surface area contributed by atoms with E-state index in [4.69, 9.17) is 9.84 Å². The Labute approximate surface area is 125 Å². The molecule has 1 aromatic carbocycles. The first kappa shape index (κ1) is 15.3. The monoisotopic (exact) mass is 286 g/mol. The molecule has 4 heteroatoms. The highest BCUT2D eigenvalue weighted by Crippen LogP contribution is 2.21. The fourth-order valence-electron chi connectivity index (χ4n) is 2.50. The van der Waals surface area contributed by atoms with Crippen LogP contribution in [0.5, 0.6) is 0 Å². The zero-order chi connectivity index (χ0) is 15.4. The molecular formula is C17H22N2O2. The minimum absolute atomic E-state index is 0.220. The lowest BCUT2D eigenvalue weighted by molar-refractivity contribution is -0.139. The topological polar surface area (TPSA) is 44.1 Å². The van der Waals surface area contributed by atoms with Crippen molar-refractivity contribution in [3.8, 4) is 5.69 Å². The van der Waals surface area contributed by atoms with E-state index < -0.39 is 0 Å². The Bertz CT molecular complexity index is 627. The lowest BCUT2D eigenvalue weighted by atomic mass is 10.1. The van der Waals surface area contributed by atoms with E-state index >= 15 is 0 Å². The van der Waals surface area contributed by atoms with Crippen LogP contribution in [0.25, 0.3) is 5.69 Å². The van der Waals surface area contributed by atoms with Gasteiger partial charge in [0.25, 0.3) is 0 Å². The maximum absolute atomic E-state index is 11.6. The van der Waals surface area contributed by atoms with Gasteiger partial charge in [-0.3, -0.25) is 4.79 Å². The molecule has 4 nitrogen and oxygen atoms in total. The molecule has 21 heavy (non-hydrogen) atoms. The van der Waals surface area contributed by atoms with Gasteiger partial charge in [0.2, 0.25) is 0 Å². The van der Waals surface area contributed by atoms with E-state index in [9.17, 15) is 4.79 Å². The Morgan fingerprint density at radius 1 is 1.19 bits per heavy atom. The number of carbonyl (C=O) groups excluding carboxylic acids is 1. The molecule has 2 rings (SSSR count). The van der Waals surface area contributed by atoms with E-state index in [1.165, 1.54) is 12.7 Å². The molecule has 1 aromatic heterocycles. The zero-order valence-corrected chi connectivity index (χ0v) is 13.1. The number of aromatic nitrogens is 2. The first-order valence-electron chi connectivity index (χ1n) is 7.34. The molecule has 0 N–H and O–H groups in total. The number of rotatable bonds is 5. The van der Waals surface area contributed by atoms with Crippen LogP contribution >= 0.6 is 0 Å². The van der Waals surface area contributed by atoms with E-state index in [0.717, 1.165) is 35.5 Å². The second kappa shape index (κ2) is 6.57. The zero-order valence-electron chi connectivity index (χ0n) is 13.1. The Hall–Kier alpha value is -2.10. The summed E-state index contributed by atoms with van der Waals surface area (Å²) in [5, 5.41) is 4.70. The maximum Gasteiger partial charge on any atom is 0.310 e. The van der Waals surface area contributed by atoms with E-state index in [1.54, 1.807) is 0 Å². The molecule has 0 radical (unpaired) electrons. The van der Waals surface area contributed by atoms with Crippen LogP contribution < -0.4 is 0 Å². The van der Waals surface area contributed by atoms with Gasteiger partial charge in [0.05, 0.1) is 24.9 Å². The van der Waals surface area contributed by atoms with Crippen molar-refractivity contribution in [1.82, 2.24) is 9.78 Å². The third-order valence-corrected chi connectivity index (χ3v) is 3.67. The smallest absolute Gasteiger partial charge is 0.310 e. The molecule has 0 aliphatic carbocycles. The van der Waals surface area contributed by atoms with Crippen molar-refractivity contribution >= 4 is 5.97 Å². The average molecular weight is 286 g/mol. The van der Waals surface area contributed by atoms with Crippen LogP contribution in [0.4, 0.5) is 0 Å². The number of carbonyl (C=O) groups is 1. The second-order valence-electron chi connectivity index (χ2n) is 5.08. The van der Waals surface area contributed by atoms with Crippen molar-refractivity contribution in [3.63, 3.8) is 0 Å². The molecule has 0 saturated carbocycles. The molecule has 1 heterocycles. The summed E-state index contributed by atoms with van der Waals surface area (Å²) in [6.45, 7) is 6.21. The van der Waals surface area contributed by atoms with Gasteiger partial charge < -0.3 is 4.74 Å². The molecule has 112 valence electrons. The molecule has 0 saturated heterocycles. The Morgan fingerprint density at radius 2 is 1.86 bits per heavy atom. The highest BCUT2D eigenvalue weighted by atomic mass is 16.5. The number of benzene rings is 1. The minimum atomic E-state index is -0.220. The second-order valence-corrected chi connectivity index (χ2v) is 5.08. The normalized spacial score (nSPS) is 10.7. The van der Waals surface area contributed by atoms with Crippen LogP contribution in [0, 0.1) is 6.92 Å². The summed E-state index contributed by atoms with van der Waals surface area (Å²) in [4.78, 5) is 11.6. The van der Waals surface area contributed by atoms with Gasteiger partial charge in [-0.05, 0) is 31.9 Å². The van der Waals surface area contributed by atoms with Gasteiger partial charge in [0.15, 0.2) is 0 Å².